The molecule has 1 aliphatic rings. The molecule has 18 heavy (non-hydrogen) atoms. The molecule has 1 heterocycles. The smallest absolute Gasteiger partial charge is 0.204 e. The van der Waals surface area contributed by atoms with E-state index in [4.69, 9.17) is 5.73 Å². The molecular weight excluding hydrogens is 224 g/mol. The SMILES string of the molecule is Nc1cn(Cc2ccc3c(c2)CCC3)ccc1=O. The molecule has 2 aromatic rings. The summed E-state index contributed by atoms with van der Waals surface area (Å²) in [5, 5.41) is 0. The molecule has 0 amide bonds. The van der Waals surface area contributed by atoms with Gasteiger partial charge >= 0.3 is 0 Å². The molecule has 0 atom stereocenters. The predicted molar refractivity (Wildman–Crippen MR) is 72.7 cm³/mol. The van der Waals surface area contributed by atoms with Crippen molar-refractivity contribution in [3.63, 3.8) is 0 Å². The number of pyridine rings is 1. The maximum absolute atomic E-state index is 11.2. The van der Waals surface area contributed by atoms with Crippen LogP contribution in [-0.2, 0) is 19.4 Å². The molecule has 3 nitrogen and oxygen atoms in total. The number of nitrogens with two attached hydrogens (primary N) is 1. The van der Waals surface area contributed by atoms with Gasteiger partial charge in [0.2, 0.25) is 5.43 Å². The number of nitrogens with zero attached hydrogens (tertiary/aromatic N) is 1. The van der Waals surface area contributed by atoms with Gasteiger partial charge in [0.05, 0.1) is 5.69 Å². The second-order valence-electron chi connectivity index (χ2n) is 4.89. The molecule has 0 bridgehead atoms. The average Bonchev–Trinajstić information content (AvgIpc) is 2.81. The molecule has 3 rings (SSSR count). The summed E-state index contributed by atoms with van der Waals surface area (Å²) in [6.07, 6.45) is 7.15. The quantitative estimate of drug-likeness (QED) is 0.872. The Bertz CT molecular complexity index is 643. The Balaban J connectivity index is 1.88. The first-order chi connectivity index (χ1) is 8.72. The van der Waals surface area contributed by atoms with Crippen LogP contribution in [0.25, 0.3) is 0 Å². The summed E-state index contributed by atoms with van der Waals surface area (Å²) in [6, 6.07) is 8.18. The van der Waals surface area contributed by atoms with Crippen molar-refractivity contribution in [2.75, 3.05) is 5.73 Å². The lowest BCUT2D eigenvalue weighted by molar-refractivity contribution is 0.789. The van der Waals surface area contributed by atoms with Gasteiger partial charge in [-0.15, -0.1) is 0 Å². The van der Waals surface area contributed by atoms with Gasteiger partial charge in [0.15, 0.2) is 0 Å². The van der Waals surface area contributed by atoms with Gasteiger partial charge in [0, 0.05) is 25.0 Å². The summed E-state index contributed by atoms with van der Waals surface area (Å²) in [7, 11) is 0. The van der Waals surface area contributed by atoms with Crippen molar-refractivity contribution in [2.24, 2.45) is 0 Å². The van der Waals surface area contributed by atoms with E-state index in [0.29, 0.717) is 5.69 Å². The number of aromatic nitrogens is 1. The van der Waals surface area contributed by atoms with Crippen LogP contribution >= 0.6 is 0 Å². The van der Waals surface area contributed by atoms with Crippen LogP contribution in [0.15, 0.2) is 41.5 Å². The second kappa shape index (κ2) is 4.33. The summed E-state index contributed by atoms with van der Waals surface area (Å²) in [5.74, 6) is 0. The highest BCUT2D eigenvalue weighted by Crippen LogP contribution is 2.23. The normalized spacial score (nSPS) is 13.6. The Morgan fingerprint density at radius 1 is 1.17 bits per heavy atom. The standard InChI is InChI=1S/C15H16N2O/c16-14-10-17(7-6-15(14)18)9-11-4-5-12-2-1-3-13(12)8-11/h4-8,10H,1-3,9,16H2. The molecule has 0 saturated heterocycles. The second-order valence-corrected chi connectivity index (χ2v) is 4.89. The molecule has 0 fully saturated rings. The number of anilines is 1. The lowest BCUT2D eigenvalue weighted by Gasteiger charge is -2.09. The molecule has 0 spiro atoms. The van der Waals surface area contributed by atoms with Gasteiger partial charge in [-0.25, -0.2) is 0 Å². The first kappa shape index (κ1) is 11.1. The lowest BCUT2D eigenvalue weighted by atomic mass is 10.1. The first-order valence-corrected chi connectivity index (χ1v) is 6.28. The molecule has 3 heteroatoms. The van der Waals surface area contributed by atoms with Crippen LogP contribution in [0.2, 0.25) is 0 Å². The van der Waals surface area contributed by atoms with Gasteiger partial charge in [-0.1, -0.05) is 18.2 Å². The predicted octanol–water partition coefficient (Wildman–Crippen LogP) is 1.97. The van der Waals surface area contributed by atoms with Crippen LogP contribution in [0.4, 0.5) is 5.69 Å². The highest BCUT2D eigenvalue weighted by molar-refractivity contribution is 5.37. The van der Waals surface area contributed by atoms with Crippen molar-refractivity contribution in [1.82, 2.24) is 4.57 Å². The first-order valence-electron chi connectivity index (χ1n) is 6.28. The van der Waals surface area contributed by atoms with Gasteiger partial charge in [-0.2, -0.15) is 0 Å². The molecule has 92 valence electrons. The zero-order chi connectivity index (χ0) is 12.5. The third-order valence-electron chi connectivity index (χ3n) is 3.53. The number of fused-ring (bicyclic) bond motifs is 1. The fourth-order valence-corrected chi connectivity index (χ4v) is 2.58. The van der Waals surface area contributed by atoms with E-state index in [2.05, 4.69) is 18.2 Å². The van der Waals surface area contributed by atoms with E-state index in [9.17, 15) is 4.79 Å². The summed E-state index contributed by atoms with van der Waals surface area (Å²) >= 11 is 0. The molecule has 0 radical (unpaired) electrons. The van der Waals surface area contributed by atoms with Crippen LogP contribution in [0.3, 0.4) is 0 Å². The van der Waals surface area contributed by atoms with E-state index in [0.717, 1.165) is 6.54 Å². The Hall–Kier alpha value is -2.03. The van der Waals surface area contributed by atoms with Crippen molar-refractivity contribution < 1.29 is 0 Å². The number of hydrogen-bond donors (Lipinski definition) is 1. The van der Waals surface area contributed by atoms with Gasteiger partial charge in [-0.3, -0.25) is 4.79 Å². The highest BCUT2D eigenvalue weighted by Gasteiger charge is 2.10. The van der Waals surface area contributed by atoms with Crippen LogP contribution in [0, 0.1) is 0 Å². The number of rotatable bonds is 2. The third kappa shape index (κ3) is 2.04. The number of hydrogen-bond acceptors (Lipinski definition) is 2. The Kier molecular flexibility index (Phi) is 2.67. The van der Waals surface area contributed by atoms with E-state index < -0.39 is 0 Å². The average molecular weight is 240 g/mol. The maximum Gasteiger partial charge on any atom is 0.204 e. The van der Waals surface area contributed by atoms with E-state index in [1.165, 1.54) is 42.0 Å². The van der Waals surface area contributed by atoms with Crippen LogP contribution < -0.4 is 11.2 Å². The summed E-state index contributed by atoms with van der Waals surface area (Å²) < 4.78 is 1.95. The van der Waals surface area contributed by atoms with Crippen molar-refractivity contribution in [3.8, 4) is 0 Å². The van der Waals surface area contributed by atoms with Gasteiger partial charge < -0.3 is 10.3 Å². The van der Waals surface area contributed by atoms with Crippen molar-refractivity contribution >= 4 is 5.69 Å². The molecule has 0 unspecified atom stereocenters. The molecule has 0 saturated carbocycles. The summed E-state index contributed by atoms with van der Waals surface area (Å²) in [5.41, 5.74) is 10.0. The Morgan fingerprint density at radius 3 is 2.83 bits per heavy atom. The Labute approximate surface area is 106 Å². The topological polar surface area (TPSA) is 48.0 Å². The molecule has 2 N–H and O–H groups in total. The van der Waals surface area contributed by atoms with E-state index >= 15 is 0 Å². The fraction of sp³-hybridized carbons (Fsp3) is 0.267. The van der Waals surface area contributed by atoms with E-state index in [1.54, 1.807) is 12.4 Å². The molecule has 1 aliphatic carbocycles. The van der Waals surface area contributed by atoms with Crippen molar-refractivity contribution in [2.45, 2.75) is 25.8 Å². The van der Waals surface area contributed by atoms with Gasteiger partial charge in [0.25, 0.3) is 0 Å². The Morgan fingerprint density at radius 2 is 2.00 bits per heavy atom. The third-order valence-corrected chi connectivity index (χ3v) is 3.53. The number of aryl methyl sites for hydroxylation is 2. The van der Waals surface area contributed by atoms with E-state index in [-0.39, 0.29) is 5.43 Å². The minimum Gasteiger partial charge on any atom is -0.394 e. The highest BCUT2D eigenvalue weighted by atomic mass is 16.1. The van der Waals surface area contributed by atoms with Crippen molar-refractivity contribution in [3.05, 3.63) is 63.6 Å². The monoisotopic (exact) mass is 240 g/mol. The van der Waals surface area contributed by atoms with Gasteiger partial charge in [-0.05, 0) is 36.0 Å². The lowest BCUT2D eigenvalue weighted by Crippen LogP contribution is -2.11. The minimum absolute atomic E-state index is 0.111. The van der Waals surface area contributed by atoms with Crippen molar-refractivity contribution in [1.29, 1.82) is 0 Å². The summed E-state index contributed by atoms with van der Waals surface area (Å²) in [6.45, 7) is 0.762. The number of benzene rings is 1. The summed E-state index contributed by atoms with van der Waals surface area (Å²) in [4.78, 5) is 11.2. The molecule has 1 aromatic carbocycles. The number of nitrogen functional groups attached to an aromatic ring is 1. The largest absolute Gasteiger partial charge is 0.394 e. The molecule has 1 aromatic heterocycles. The maximum atomic E-state index is 11.2. The zero-order valence-corrected chi connectivity index (χ0v) is 10.2. The van der Waals surface area contributed by atoms with E-state index in [1.807, 2.05) is 4.57 Å². The fourth-order valence-electron chi connectivity index (χ4n) is 2.58. The van der Waals surface area contributed by atoms with Crippen LogP contribution in [0.5, 0.6) is 0 Å². The van der Waals surface area contributed by atoms with Crippen LogP contribution in [0.1, 0.15) is 23.1 Å². The van der Waals surface area contributed by atoms with Gasteiger partial charge in [0.1, 0.15) is 0 Å². The van der Waals surface area contributed by atoms with Crippen LogP contribution in [-0.4, -0.2) is 4.57 Å². The minimum atomic E-state index is -0.111. The molecular formula is C15H16N2O. The zero-order valence-electron chi connectivity index (χ0n) is 10.2. The molecule has 0 aliphatic heterocycles.